The van der Waals surface area contributed by atoms with Crippen LogP contribution in [0.3, 0.4) is 0 Å². The summed E-state index contributed by atoms with van der Waals surface area (Å²) in [6.45, 7) is 4.89. The van der Waals surface area contributed by atoms with Crippen LogP contribution in [0.5, 0.6) is 0 Å². The quantitative estimate of drug-likeness (QED) is 0.797. The molecular weight excluding hydrogens is 292 g/mol. The lowest BCUT2D eigenvalue weighted by Crippen LogP contribution is -2.40. The maximum atomic E-state index is 12.6. The lowest BCUT2D eigenvalue weighted by molar-refractivity contribution is -0.134. The maximum absolute atomic E-state index is 12.6. The molecule has 2 atom stereocenters. The second-order valence-electron chi connectivity index (χ2n) is 7.33. The first-order valence-electron chi connectivity index (χ1n) is 8.90. The van der Waals surface area contributed by atoms with Gasteiger partial charge in [-0.25, -0.2) is 0 Å². The first-order chi connectivity index (χ1) is 11.1. The van der Waals surface area contributed by atoms with Crippen molar-refractivity contribution in [3.63, 3.8) is 0 Å². The number of piperidine rings is 1. The van der Waals surface area contributed by atoms with Crippen molar-refractivity contribution < 1.29 is 14.7 Å². The third-order valence-corrected chi connectivity index (χ3v) is 5.99. The van der Waals surface area contributed by atoms with Crippen LogP contribution in [0.15, 0.2) is 12.2 Å². The van der Waals surface area contributed by atoms with Crippen molar-refractivity contribution in [2.75, 3.05) is 32.8 Å². The van der Waals surface area contributed by atoms with Crippen LogP contribution in [0.4, 0.5) is 0 Å². The Bertz CT molecular complexity index is 475. The van der Waals surface area contributed by atoms with E-state index in [1.165, 1.54) is 0 Å². The van der Waals surface area contributed by atoms with Crippen molar-refractivity contribution in [3.8, 4) is 0 Å². The zero-order valence-corrected chi connectivity index (χ0v) is 14.0. The molecular formula is C18H28N2O3. The summed E-state index contributed by atoms with van der Waals surface area (Å²) in [5.74, 6) is 1.63. The standard InChI is InChI=1S/C18H28N2O3/c1-13(22)19-8-6-14(7-9-19)17-11-20(10-16(17)12-21)18(23)15-4-2-3-5-15/h2-3,14-17,21H,4-12H2,1H3/t16-,17-/m0/s1. The predicted molar refractivity (Wildman–Crippen MR) is 87.5 cm³/mol. The van der Waals surface area contributed by atoms with E-state index in [0.717, 1.165) is 45.3 Å². The fourth-order valence-electron chi connectivity index (χ4n) is 4.52. The molecule has 2 heterocycles. The normalized spacial score (nSPS) is 29.5. The number of carbonyl (C=O) groups is 2. The third kappa shape index (κ3) is 3.44. The monoisotopic (exact) mass is 320 g/mol. The van der Waals surface area contributed by atoms with E-state index in [1.54, 1.807) is 6.92 Å². The van der Waals surface area contributed by atoms with E-state index in [9.17, 15) is 14.7 Å². The molecule has 0 radical (unpaired) electrons. The van der Waals surface area contributed by atoms with Gasteiger partial charge in [0.1, 0.15) is 0 Å². The molecule has 5 heteroatoms. The molecule has 1 N–H and O–H groups in total. The third-order valence-electron chi connectivity index (χ3n) is 5.99. The highest BCUT2D eigenvalue weighted by atomic mass is 16.3. The van der Waals surface area contributed by atoms with Crippen molar-refractivity contribution >= 4 is 11.8 Å². The van der Waals surface area contributed by atoms with Crippen LogP contribution in [-0.2, 0) is 9.59 Å². The van der Waals surface area contributed by atoms with Gasteiger partial charge in [0.2, 0.25) is 11.8 Å². The van der Waals surface area contributed by atoms with Gasteiger partial charge < -0.3 is 14.9 Å². The van der Waals surface area contributed by atoms with Crippen molar-refractivity contribution in [2.45, 2.75) is 32.6 Å². The van der Waals surface area contributed by atoms with E-state index < -0.39 is 0 Å². The number of rotatable bonds is 3. The molecule has 2 amide bonds. The van der Waals surface area contributed by atoms with E-state index in [4.69, 9.17) is 0 Å². The highest BCUT2D eigenvalue weighted by Crippen LogP contribution is 2.36. The number of aliphatic hydroxyl groups is 1. The summed E-state index contributed by atoms with van der Waals surface area (Å²) in [4.78, 5) is 28.0. The van der Waals surface area contributed by atoms with Crippen molar-refractivity contribution in [1.82, 2.24) is 9.80 Å². The minimum Gasteiger partial charge on any atom is -0.396 e. The topological polar surface area (TPSA) is 60.9 Å². The molecule has 0 unspecified atom stereocenters. The highest BCUT2D eigenvalue weighted by molar-refractivity contribution is 5.80. The van der Waals surface area contributed by atoms with Gasteiger partial charge in [-0.2, -0.15) is 0 Å². The van der Waals surface area contributed by atoms with Gasteiger partial charge in [0, 0.05) is 51.5 Å². The van der Waals surface area contributed by atoms with Crippen molar-refractivity contribution in [2.24, 2.45) is 23.7 Å². The Morgan fingerprint density at radius 1 is 1.09 bits per heavy atom. The highest BCUT2D eigenvalue weighted by Gasteiger charge is 2.41. The molecule has 2 aliphatic heterocycles. The summed E-state index contributed by atoms with van der Waals surface area (Å²) in [6.07, 6.45) is 7.90. The first-order valence-corrected chi connectivity index (χ1v) is 8.90. The van der Waals surface area contributed by atoms with Crippen LogP contribution in [0.25, 0.3) is 0 Å². The van der Waals surface area contributed by atoms with Gasteiger partial charge in [-0.1, -0.05) is 12.2 Å². The molecule has 2 fully saturated rings. The van der Waals surface area contributed by atoms with Crippen LogP contribution in [0.2, 0.25) is 0 Å². The Kier molecular flexibility index (Phi) is 5.05. The zero-order chi connectivity index (χ0) is 16.4. The smallest absolute Gasteiger partial charge is 0.226 e. The van der Waals surface area contributed by atoms with Gasteiger partial charge in [-0.3, -0.25) is 9.59 Å². The molecule has 0 bridgehead atoms. The molecule has 0 aromatic rings. The largest absolute Gasteiger partial charge is 0.396 e. The number of hydrogen-bond donors (Lipinski definition) is 1. The number of aliphatic hydroxyl groups excluding tert-OH is 1. The maximum Gasteiger partial charge on any atom is 0.226 e. The average molecular weight is 320 g/mol. The lowest BCUT2D eigenvalue weighted by atomic mass is 9.79. The Hall–Kier alpha value is -1.36. The Labute approximate surface area is 138 Å². The predicted octanol–water partition coefficient (Wildman–Crippen LogP) is 1.28. The minimum atomic E-state index is 0.118. The number of likely N-dealkylation sites (tertiary alicyclic amines) is 2. The number of amides is 2. The fourth-order valence-corrected chi connectivity index (χ4v) is 4.52. The Morgan fingerprint density at radius 3 is 2.30 bits per heavy atom. The van der Waals surface area contributed by atoms with E-state index in [1.807, 2.05) is 9.80 Å². The number of carbonyl (C=O) groups excluding carboxylic acids is 2. The zero-order valence-electron chi connectivity index (χ0n) is 14.0. The fraction of sp³-hybridized carbons (Fsp3) is 0.778. The van der Waals surface area contributed by atoms with Gasteiger partial charge in [-0.15, -0.1) is 0 Å². The molecule has 3 rings (SSSR count). The molecule has 0 aromatic heterocycles. The lowest BCUT2D eigenvalue weighted by Gasteiger charge is -2.35. The van der Waals surface area contributed by atoms with Crippen LogP contribution in [-0.4, -0.2) is 59.5 Å². The number of hydrogen-bond acceptors (Lipinski definition) is 3. The van der Waals surface area contributed by atoms with E-state index in [2.05, 4.69) is 12.2 Å². The second-order valence-corrected chi connectivity index (χ2v) is 7.33. The Balaban J connectivity index is 1.59. The van der Waals surface area contributed by atoms with Crippen LogP contribution in [0.1, 0.15) is 32.6 Å². The summed E-state index contributed by atoms with van der Waals surface area (Å²) < 4.78 is 0. The molecule has 0 aromatic carbocycles. The summed E-state index contributed by atoms with van der Waals surface area (Å²) in [5, 5.41) is 9.76. The average Bonchev–Trinajstić information content (AvgIpc) is 3.23. The molecule has 2 saturated heterocycles. The van der Waals surface area contributed by atoms with Gasteiger partial charge in [0.25, 0.3) is 0 Å². The van der Waals surface area contributed by atoms with E-state index in [-0.39, 0.29) is 30.3 Å². The van der Waals surface area contributed by atoms with Crippen molar-refractivity contribution in [3.05, 3.63) is 12.2 Å². The van der Waals surface area contributed by atoms with Gasteiger partial charge in [0.15, 0.2) is 0 Å². The molecule has 128 valence electrons. The molecule has 0 spiro atoms. The minimum absolute atomic E-state index is 0.118. The Morgan fingerprint density at radius 2 is 1.74 bits per heavy atom. The molecule has 3 aliphatic rings. The molecule has 5 nitrogen and oxygen atoms in total. The second kappa shape index (κ2) is 7.04. The molecule has 23 heavy (non-hydrogen) atoms. The van der Waals surface area contributed by atoms with Gasteiger partial charge >= 0.3 is 0 Å². The number of nitrogens with zero attached hydrogens (tertiary/aromatic N) is 2. The SMILES string of the molecule is CC(=O)N1CCC([C@@H]2CN(C(=O)C3CC=CC3)C[C@H]2CO)CC1. The molecule has 0 saturated carbocycles. The van der Waals surface area contributed by atoms with Gasteiger partial charge in [-0.05, 0) is 37.5 Å². The van der Waals surface area contributed by atoms with E-state index in [0.29, 0.717) is 18.4 Å². The van der Waals surface area contributed by atoms with Gasteiger partial charge in [0.05, 0.1) is 0 Å². The molecule has 1 aliphatic carbocycles. The summed E-state index contributed by atoms with van der Waals surface area (Å²) in [5.41, 5.74) is 0. The summed E-state index contributed by atoms with van der Waals surface area (Å²) in [7, 11) is 0. The van der Waals surface area contributed by atoms with Crippen LogP contribution in [0, 0.1) is 23.7 Å². The number of allylic oxidation sites excluding steroid dienone is 2. The van der Waals surface area contributed by atoms with Crippen molar-refractivity contribution in [1.29, 1.82) is 0 Å². The first kappa shape index (κ1) is 16.5. The summed E-state index contributed by atoms with van der Waals surface area (Å²) in [6, 6.07) is 0. The van der Waals surface area contributed by atoms with E-state index >= 15 is 0 Å². The van der Waals surface area contributed by atoms with Crippen LogP contribution < -0.4 is 0 Å². The van der Waals surface area contributed by atoms with Crippen LogP contribution >= 0.6 is 0 Å². The summed E-state index contributed by atoms with van der Waals surface area (Å²) >= 11 is 0.